The summed E-state index contributed by atoms with van der Waals surface area (Å²) in [5.74, 6) is -0.214. The van der Waals surface area contributed by atoms with Gasteiger partial charge in [-0.1, -0.05) is 327 Å². The van der Waals surface area contributed by atoms with E-state index in [1.807, 2.05) is 27.2 Å². The highest BCUT2D eigenvalue weighted by Crippen LogP contribution is 2.43. The minimum atomic E-state index is -4.38. The standard InChI is InChI=1S/C79H137N2O6P/c1-6-8-10-12-14-16-18-20-22-24-26-28-30-32-34-36-38-39-40-41-43-45-47-49-51-53-55-57-59-61-63-65-67-69-71-73-79(83)80-77(76-87-88(84,85)86-75-74-81(3,4)5)78(82)72-70-68-66-64-62-60-58-56-54-52-50-48-46-44-42-37-35-33-31-29-27-25-23-21-19-17-15-13-11-9-7-2/h8,10,14,16,20,22,26,28,32,34,38-39,41,43,47,49,53,55,59,61-62,64,70,72,77-78,82H,6-7,9,11-13,15,17-19,21,23-25,27,29-31,33,35-37,40,42,44-46,48,50-52,54,56-58,60,63,65-69,71,73-76H2,1-5H3,(H-,80,83,84,85)/p+1/b10-8-,16-14-,22-20-,28-26-,34-32-,39-38-,43-41-,49-47-,55-53-,61-59-,64-62+,72-70+. The second kappa shape index (κ2) is 67.8. The number of carbonyl (C=O) groups is 1. The topological polar surface area (TPSA) is 105 Å². The van der Waals surface area contributed by atoms with Gasteiger partial charge < -0.3 is 19.8 Å². The molecule has 3 unspecified atom stereocenters. The lowest BCUT2D eigenvalue weighted by atomic mass is 10.0. The number of amides is 1. The van der Waals surface area contributed by atoms with E-state index in [1.54, 1.807) is 6.08 Å². The molecule has 3 atom stereocenters. The summed E-state index contributed by atoms with van der Waals surface area (Å²) in [5.41, 5.74) is 0. The second-order valence-electron chi connectivity index (χ2n) is 25.2. The van der Waals surface area contributed by atoms with Crippen LogP contribution in [0.4, 0.5) is 0 Å². The molecule has 0 radical (unpaired) electrons. The predicted octanol–water partition coefficient (Wildman–Crippen LogP) is 23.6. The Morgan fingerprint density at radius 1 is 0.398 bits per heavy atom. The fourth-order valence-electron chi connectivity index (χ4n) is 9.97. The maximum atomic E-state index is 13.0. The van der Waals surface area contributed by atoms with E-state index in [4.69, 9.17) is 9.05 Å². The first kappa shape index (κ1) is 84.4. The first-order chi connectivity index (χ1) is 43.0. The molecule has 0 aromatic heterocycles. The predicted molar refractivity (Wildman–Crippen MR) is 387 cm³/mol. The zero-order chi connectivity index (χ0) is 64.1. The number of rotatable bonds is 65. The normalized spacial score (nSPS) is 14.5. The van der Waals surface area contributed by atoms with Gasteiger partial charge in [-0.15, -0.1) is 0 Å². The van der Waals surface area contributed by atoms with Crippen molar-refractivity contribution in [1.82, 2.24) is 5.32 Å². The van der Waals surface area contributed by atoms with Crippen molar-refractivity contribution in [1.29, 1.82) is 0 Å². The molecule has 0 aliphatic rings. The van der Waals surface area contributed by atoms with E-state index in [9.17, 15) is 19.4 Å². The van der Waals surface area contributed by atoms with Crippen molar-refractivity contribution in [3.8, 4) is 0 Å². The van der Waals surface area contributed by atoms with Crippen molar-refractivity contribution in [3.05, 3.63) is 146 Å². The average molecular weight is 1240 g/mol. The van der Waals surface area contributed by atoms with Crippen LogP contribution < -0.4 is 5.32 Å². The van der Waals surface area contributed by atoms with Gasteiger partial charge in [0.1, 0.15) is 13.2 Å². The molecular formula is C79H138N2O6P+. The molecule has 1 amide bonds. The Bertz CT molecular complexity index is 1950. The molecule has 0 heterocycles. The highest BCUT2D eigenvalue weighted by molar-refractivity contribution is 7.47. The summed E-state index contributed by atoms with van der Waals surface area (Å²) < 4.78 is 23.8. The molecule has 0 aromatic rings. The molecule has 0 spiro atoms. The number of carbonyl (C=O) groups excluding carboxylic acids is 1. The molecule has 3 N–H and O–H groups in total. The highest BCUT2D eigenvalue weighted by atomic mass is 31.2. The third-order valence-corrected chi connectivity index (χ3v) is 16.5. The molecule has 8 nitrogen and oxygen atoms in total. The maximum Gasteiger partial charge on any atom is 0.472 e. The number of quaternary nitrogens is 1. The number of unbranched alkanes of at least 4 members (excludes halogenated alkanes) is 30. The number of nitrogens with one attached hydrogen (secondary N) is 1. The molecule has 9 heteroatoms. The van der Waals surface area contributed by atoms with Crippen molar-refractivity contribution in [2.24, 2.45) is 0 Å². The van der Waals surface area contributed by atoms with Crippen LogP contribution in [-0.4, -0.2) is 73.4 Å². The van der Waals surface area contributed by atoms with E-state index >= 15 is 0 Å². The lowest BCUT2D eigenvalue weighted by Gasteiger charge is -2.25. The van der Waals surface area contributed by atoms with Gasteiger partial charge in [-0.05, 0) is 109 Å². The van der Waals surface area contributed by atoms with Gasteiger partial charge >= 0.3 is 7.82 Å². The summed E-state index contributed by atoms with van der Waals surface area (Å²) in [5, 5.41) is 14.0. The van der Waals surface area contributed by atoms with Crippen LogP contribution in [0.2, 0.25) is 0 Å². The molecule has 0 saturated carbocycles. The van der Waals surface area contributed by atoms with Gasteiger partial charge in [-0.3, -0.25) is 13.8 Å². The molecule has 0 fully saturated rings. The van der Waals surface area contributed by atoms with Crippen LogP contribution in [0.1, 0.15) is 296 Å². The quantitative estimate of drug-likeness (QED) is 0.0243. The Hall–Kier alpha value is -3.62. The highest BCUT2D eigenvalue weighted by Gasteiger charge is 2.28. The smallest absolute Gasteiger partial charge is 0.387 e. The van der Waals surface area contributed by atoms with Gasteiger partial charge in [0.25, 0.3) is 0 Å². The zero-order valence-electron chi connectivity index (χ0n) is 57.7. The Labute approximate surface area is 544 Å². The first-order valence-corrected chi connectivity index (χ1v) is 37.7. The summed E-state index contributed by atoms with van der Waals surface area (Å²) >= 11 is 0. The third-order valence-electron chi connectivity index (χ3n) is 15.5. The fourth-order valence-corrected chi connectivity index (χ4v) is 10.7. The number of hydrogen-bond donors (Lipinski definition) is 3. The minimum Gasteiger partial charge on any atom is -0.387 e. The minimum absolute atomic E-state index is 0.0431. The van der Waals surface area contributed by atoms with E-state index < -0.39 is 20.0 Å². The van der Waals surface area contributed by atoms with Crippen LogP contribution in [0.3, 0.4) is 0 Å². The third kappa shape index (κ3) is 69.8. The van der Waals surface area contributed by atoms with Gasteiger partial charge in [0.15, 0.2) is 0 Å². The fraction of sp³-hybridized carbons (Fsp3) is 0.684. The number of phosphoric ester groups is 1. The molecule has 504 valence electrons. The van der Waals surface area contributed by atoms with Crippen molar-refractivity contribution in [3.63, 3.8) is 0 Å². The summed E-state index contributed by atoms with van der Waals surface area (Å²) in [7, 11) is 1.52. The Kier molecular flexibility index (Phi) is 65.0. The van der Waals surface area contributed by atoms with Crippen LogP contribution >= 0.6 is 7.82 Å². The molecule has 0 aliphatic heterocycles. The van der Waals surface area contributed by atoms with Gasteiger partial charge in [0.05, 0.1) is 39.9 Å². The lowest BCUT2D eigenvalue weighted by Crippen LogP contribution is -2.45. The molecule has 88 heavy (non-hydrogen) atoms. The Morgan fingerprint density at radius 3 is 1.05 bits per heavy atom. The van der Waals surface area contributed by atoms with E-state index in [1.165, 1.54) is 161 Å². The van der Waals surface area contributed by atoms with Crippen molar-refractivity contribution < 1.29 is 32.9 Å². The average Bonchev–Trinajstić information content (AvgIpc) is 3.64. The second-order valence-corrected chi connectivity index (χ2v) is 26.7. The molecule has 0 bridgehead atoms. The summed E-state index contributed by atoms with van der Waals surface area (Å²) in [6.07, 6.45) is 104. The number of nitrogens with zero attached hydrogens (tertiary/aromatic N) is 1. The SMILES string of the molecule is CC/C=C\C/C=C\C/C=C\C/C=C\C/C=C\C/C=C\C/C=C\C/C=C\C/C=C\C/C=C\CCCCCCC(=O)NC(COP(=O)(O)OCC[N+](C)(C)C)C(O)/C=C/CC/C=C/CCCCCCCCCCCCCCCCCCCCCCCCCCC. The van der Waals surface area contributed by atoms with Crippen LogP contribution in [0, 0.1) is 0 Å². The zero-order valence-corrected chi connectivity index (χ0v) is 58.6. The molecule has 0 saturated heterocycles. The van der Waals surface area contributed by atoms with E-state index in [-0.39, 0.29) is 19.1 Å². The first-order valence-electron chi connectivity index (χ1n) is 36.2. The largest absolute Gasteiger partial charge is 0.472 e. The number of allylic oxidation sites excluding steroid dienone is 23. The van der Waals surface area contributed by atoms with Crippen molar-refractivity contribution in [2.45, 2.75) is 309 Å². The lowest BCUT2D eigenvalue weighted by molar-refractivity contribution is -0.870. The monoisotopic (exact) mass is 1240 g/mol. The summed E-state index contributed by atoms with van der Waals surface area (Å²) in [6, 6.07) is -0.891. The van der Waals surface area contributed by atoms with Gasteiger partial charge in [0.2, 0.25) is 5.91 Å². The molecule has 0 rings (SSSR count). The van der Waals surface area contributed by atoms with Gasteiger partial charge in [-0.25, -0.2) is 4.57 Å². The molecule has 0 aromatic carbocycles. The van der Waals surface area contributed by atoms with Crippen LogP contribution in [0.5, 0.6) is 0 Å². The van der Waals surface area contributed by atoms with Crippen LogP contribution in [0.15, 0.2) is 146 Å². The van der Waals surface area contributed by atoms with Crippen molar-refractivity contribution >= 4 is 13.7 Å². The van der Waals surface area contributed by atoms with Crippen LogP contribution in [-0.2, 0) is 18.4 Å². The van der Waals surface area contributed by atoms with E-state index in [0.717, 1.165) is 116 Å². The summed E-state index contributed by atoms with van der Waals surface area (Å²) in [6.45, 7) is 4.67. The number of phosphoric acid groups is 1. The molecular weight excluding hydrogens is 1100 g/mol. The number of likely N-dealkylation sites (N-methyl/N-ethyl adjacent to an activating group) is 1. The maximum absolute atomic E-state index is 13.0. The van der Waals surface area contributed by atoms with Crippen molar-refractivity contribution in [2.75, 3.05) is 40.9 Å². The van der Waals surface area contributed by atoms with Gasteiger partial charge in [0, 0.05) is 6.42 Å². The van der Waals surface area contributed by atoms with E-state index in [0.29, 0.717) is 17.4 Å². The number of aliphatic hydroxyl groups is 1. The van der Waals surface area contributed by atoms with Gasteiger partial charge in [-0.2, -0.15) is 0 Å². The molecule has 0 aliphatic carbocycles. The Morgan fingerprint density at radius 2 is 0.693 bits per heavy atom. The van der Waals surface area contributed by atoms with Crippen LogP contribution in [0.25, 0.3) is 0 Å². The number of hydrogen-bond acceptors (Lipinski definition) is 5. The number of aliphatic hydroxyl groups excluding tert-OH is 1. The van der Waals surface area contributed by atoms with E-state index in [2.05, 4.69) is 153 Å². The summed E-state index contributed by atoms with van der Waals surface area (Å²) in [4.78, 5) is 23.4. The Balaban J connectivity index is 4.22.